The van der Waals surface area contributed by atoms with E-state index in [-0.39, 0.29) is 23.6 Å². The highest BCUT2D eigenvalue weighted by atomic mass is 16.5. The van der Waals surface area contributed by atoms with E-state index in [1.165, 1.54) is 0 Å². The standard InChI is InChI=1S/C21H26O3/c1-14(2)18-20(23)19(22)17-11-7-10-16(12-21(17,18)3)24-13-15-8-5-4-6-9-15/h4-6,8-9,11,14,16,23H,7,10,12-13H2,1-3H3/t16-,21-/m0/s1. The highest BCUT2D eigenvalue weighted by Gasteiger charge is 2.49. The number of carbonyl (C=O) groups excluding carboxylic acids is 1. The largest absolute Gasteiger partial charge is 0.504 e. The minimum Gasteiger partial charge on any atom is -0.504 e. The van der Waals surface area contributed by atoms with Crippen molar-refractivity contribution in [1.82, 2.24) is 0 Å². The normalized spacial score (nSPS) is 27.2. The number of allylic oxidation sites excluding steroid dienone is 3. The summed E-state index contributed by atoms with van der Waals surface area (Å²) in [6.45, 7) is 6.74. The van der Waals surface area contributed by atoms with E-state index < -0.39 is 5.41 Å². The molecule has 0 amide bonds. The predicted octanol–water partition coefficient (Wildman–Crippen LogP) is 4.74. The molecule has 2 atom stereocenters. The van der Waals surface area contributed by atoms with Gasteiger partial charge in [0.1, 0.15) is 0 Å². The van der Waals surface area contributed by atoms with Crippen LogP contribution in [0.2, 0.25) is 0 Å². The SMILES string of the molecule is CC(C)C1=C(O)C(=O)C2=CCC[C@H](OCc3ccccc3)C[C@@]21C. The lowest BCUT2D eigenvalue weighted by atomic mass is 9.72. The number of fused-ring (bicyclic) bond motifs is 1. The second kappa shape index (κ2) is 6.56. The van der Waals surface area contributed by atoms with Gasteiger partial charge in [-0.05, 0) is 36.3 Å². The van der Waals surface area contributed by atoms with Crippen LogP contribution in [0.15, 0.2) is 53.3 Å². The molecular weight excluding hydrogens is 300 g/mol. The number of ether oxygens (including phenoxy) is 1. The number of hydrogen-bond acceptors (Lipinski definition) is 3. The molecule has 0 aliphatic heterocycles. The monoisotopic (exact) mass is 326 g/mol. The molecule has 2 aliphatic carbocycles. The highest BCUT2D eigenvalue weighted by molar-refractivity contribution is 6.11. The maximum absolute atomic E-state index is 12.5. The Morgan fingerprint density at radius 2 is 2.00 bits per heavy atom. The quantitative estimate of drug-likeness (QED) is 0.869. The molecule has 0 unspecified atom stereocenters. The van der Waals surface area contributed by atoms with Crippen molar-refractivity contribution >= 4 is 5.78 Å². The summed E-state index contributed by atoms with van der Waals surface area (Å²) in [5.41, 5.74) is 2.38. The van der Waals surface area contributed by atoms with Gasteiger partial charge < -0.3 is 9.84 Å². The van der Waals surface area contributed by atoms with E-state index in [2.05, 4.69) is 19.1 Å². The molecule has 2 aliphatic rings. The molecule has 0 heterocycles. The van der Waals surface area contributed by atoms with Gasteiger partial charge in [0.05, 0.1) is 12.7 Å². The summed E-state index contributed by atoms with van der Waals surface area (Å²) in [6.07, 6.45) is 4.56. The van der Waals surface area contributed by atoms with E-state index in [0.29, 0.717) is 6.61 Å². The van der Waals surface area contributed by atoms with Gasteiger partial charge in [0, 0.05) is 11.0 Å². The van der Waals surface area contributed by atoms with Crippen molar-refractivity contribution in [3.8, 4) is 0 Å². The zero-order chi connectivity index (χ0) is 17.3. The summed E-state index contributed by atoms with van der Waals surface area (Å²) in [6, 6.07) is 10.2. The molecule has 1 N–H and O–H groups in total. The van der Waals surface area contributed by atoms with Gasteiger partial charge in [-0.25, -0.2) is 0 Å². The number of hydrogen-bond donors (Lipinski definition) is 1. The van der Waals surface area contributed by atoms with Crippen molar-refractivity contribution < 1.29 is 14.6 Å². The topological polar surface area (TPSA) is 46.5 Å². The molecule has 0 aromatic heterocycles. The van der Waals surface area contributed by atoms with E-state index in [1.807, 2.05) is 38.1 Å². The molecule has 128 valence electrons. The molecule has 0 saturated carbocycles. The van der Waals surface area contributed by atoms with Crippen LogP contribution in [-0.2, 0) is 16.1 Å². The first-order chi connectivity index (χ1) is 11.4. The van der Waals surface area contributed by atoms with E-state index in [0.717, 1.165) is 36.0 Å². The third kappa shape index (κ3) is 2.93. The third-order valence-electron chi connectivity index (χ3n) is 5.28. The summed E-state index contributed by atoms with van der Waals surface area (Å²) in [4.78, 5) is 12.5. The number of carbonyl (C=O) groups is 1. The first-order valence-electron chi connectivity index (χ1n) is 8.78. The molecule has 3 nitrogen and oxygen atoms in total. The number of aliphatic hydroxyl groups is 1. The fraction of sp³-hybridized carbons (Fsp3) is 0.476. The van der Waals surface area contributed by atoms with Crippen LogP contribution in [-0.4, -0.2) is 17.0 Å². The number of benzene rings is 1. The van der Waals surface area contributed by atoms with Gasteiger partial charge in [0.2, 0.25) is 5.78 Å². The van der Waals surface area contributed by atoms with Crippen LogP contribution in [0.1, 0.15) is 45.6 Å². The van der Waals surface area contributed by atoms with E-state index >= 15 is 0 Å². The molecule has 24 heavy (non-hydrogen) atoms. The number of rotatable bonds is 4. The first kappa shape index (κ1) is 17.0. The molecule has 0 saturated heterocycles. The Balaban J connectivity index is 1.80. The minimum absolute atomic E-state index is 0.0394. The predicted molar refractivity (Wildman–Crippen MR) is 94.6 cm³/mol. The van der Waals surface area contributed by atoms with Crippen molar-refractivity contribution in [3.05, 3.63) is 58.9 Å². The van der Waals surface area contributed by atoms with Gasteiger partial charge >= 0.3 is 0 Å². The van der Waals surface area contributed by atoms with Gasteiger partial charge in [-0.15, -0.1) is 0 Å². The maximum atomic E-state index is 12.5. The van der Waals surface area contributed by atoms with Crippen LogP contribution in [0.4, 0.5) is 0 Å². The average Bonchev–Trinajstić information content (AvgIpc) is 2.66. The van der Waals surface area contributed by atoms with Crippen LogP contribution >= 0.6 is 0 Å². The van der Waals surface area contributed by atoms with E-state index in [4.69, 9.17) is 4.74 Å². The molecule has 1 aromatic carbocycles. The van der Waals surface area contributed by atoms with Crippen molar-refractivity contribution in [2.75, 3.05) is 0 Å². The molecule has 0 bridgehead atoms. The maximum Gasteiger partial charge on any atom is 0.223 e. The second-order valence-electron chi connectivity index (χ2n) is 7.40. The van der Waals surface area contributed by atoms with Gasteiger partial charge in [-0.3, -0.25) is 4.79 Å². The summed E-state index contributed by atoms with van der Waals surface area (Å²) < 4.78 is 6.17. The fourth-order valence-electron chi connectivity index (χ4n) is 4.26. The van der Waals surface area contributed by atoms with Crippen LogP contribution in [0, 0.1) is 11.3 Å². The Morgan fingerprint density at radius 1 is 1.29 bits per heavy atom. The van der Waals surface area contributed by atoms with E-state index in [1.54, 1.807) is 0 Å². The molecule has 3 heteroatoms. The van der Waals surface area contributed by atoms with Gasteiger partial charge in [-0.1, -0.05) is 57.2 Å². The summed E-state index contributed by atoms with van der Waals surface area (Å²) in [5, 5.41) is 10.4. The van der Waals surface area contributed by atoms with Crippen LogP contribution < -0.4 is 0 Å². The smallest absolute Gasteiger partial charge is 0.223 e. The van der Waals surface area contributed by atoms with Crippen LogP contribution in [0.3, 0.4) is 0 Å². The molecule has 1 aromatic rings. The van der Waals surface area contributed by atoms with Crippen molar-refractivity contribution in [2.24, 2.45) is 11.3 Å². The van der Waals surface area contributed by atoms with Gasteiger partial charge in [0.25, 0.3) is 0 Å². The summed E-state index contributed by atoms with van der Waals surface area (Å²) >= 11 is 0. The number of ketones is 1. The van der Waals surface area contributed by atoms with Crippen molar-refractivity contribution in [1.29, 1.82) is 0 Å². The Morgan fingerprint density at radius 3 is 2.67 bits per heavy atom. The third-order valence-corrected chi connectivity index (χ3v) is 5.28. The van der Waals surface area contributed by atoms with Gasteiger partial charge in [-0.2, -0.15) is 0 Å². The number of aliphatic hydroxyl groups excluding tert-OH is 1. The molecule has 3 rings (SSSR count). The van der Waals surface area contributed by atoms with Crippen LogP contribution in [0.25, 0.3) is 0 Å². The molecule has 0 spiro atoms. The summed E-state index contributed by atoms with van der Waals surface area (Å²) in [5.74, 6) is -0.0925. The lowest BCUT2D eigenvalue weighted by Gasteiger charge is -2.33. The Labute approximate surface area is 144 Å². The number of Topliss-reactive ketones (excluding diaryl/α,β-unsaturated/α-hetero) is 1. The van der Waals surface area contributed by atoms with Crippen molar-refractivity contribution in [3.63, 3.8) is 0 Å². The minimum atomic E-state index is -0.410. The summed E-state index contributed by atoms with van der Waals surface area (Å²) in [7, 11) is 0. The average molecular weight is 326 g/mol. The Kier molecular flexibility index (Phi) is 4.64. The zero-order valence-electron chi connectivity index (χ0n) is 14.7. The highest BCUT2D eigenvalue weighted by Crippen LogP contribution is 2.52. The first-order valence-corrected chi connectivity index (χ1v) is 8.78. The van der Waals surface area contributed by atoms with Gasteiger partial charge in [0.15, 0.2) is 5.76 Å². The van der Waals surface area contributed by atoms with E-state index in [9.17, 15) is 9.90 Å². The van der Waals surface area contributed by atoms with Crippen molar-refractivity contribution in [2.45, 2.75) is 52.7 Å². The molecular formula is C21H26O3. The van der Waals surface area contributed by atoms with Crippen LogP contribution in [0.5, 0.6) is 0 Å². The molecule has 0 radical (unpaired) electrons. The Hall–Kier alpha value is -1.87. The zero-order valence-corrected chi connectivity index (χ0v) is 14.7. The Bertz CT molecular complexity index is 684. The molecule has 0 fully saturated rings. The fourth-order valence-corrected chi connectivity index (χ4v) is 4.26. The lowest BCUT2D eigenvalue weighted by Crippen LogP contribution is -2.28. The lowest BCUT2D eigenvalue weighted by molar-refractivity contribution is -0.114. The second-order valence-corrected chi connectivity index (χ2v) is 7.40.